The number of amides is 1. The maximum atomic E-state index is 12.5. The fraction of sp³-hybridized carbons (Fsp3) is 0.333. The fourth-order valence-corrected chi connectivity index (χ4v) is 2.72. The first-order valence-corrected chi connectivity index (χ1v) is 7.70. The third-order valence-corrected chi connectivity index (χ3v) is 3.95. The molecule has 0 saturated heterocycles. The Kier molecular flexibility index (Phi) is 4.46. The highest BCUT2D eigenvalue weighted by atomic mass is 16.5. The van der Waals surface area contributed by atoms with Crippen molar-refractivity contribution < 1.29 is 14.3 Å². The van der Waals surface area contributed by atoms with Gasteiger partial charge in [0.2, 0.25) is 0 Å². The van der Waals surface area contributed by atoms with Gasteiger partial charge >= 0.3 is 0 Å². The fourth-order valence-electron chi connectivity index (χ4n) is 2.72. The van der Waals surface area contributed by atoms with E-state index in [9.17, 15) is 4.79 Å². The van der Waals surface area contributed by atoms with Crippen molar-refractivity contribution in [2.24, 2.45) is 0 Å². The molecule has 0 radical (unpaired) electrons. The zero-order valence-corrected chi connectivity index (χ0v) is 13.4. The van der Waals surface area contributed by atoms with E-state index in [0.29, 0.717) is 12.3 Å². The standard InChI is InChI=1S/C18H20N2O3/c1-13-5-6-16(11-19-13)23-12-18(21)20-9-3-4-14-10-15(22-2)7-8-17(14)20/h5-8,10-11H,3-4,9,12H2,1-2H3. The summed E-state index contributed by atoms with van der Waals surface area (Å²) in [7, 11) is 1.65. The van der Waals surface area contributed by atoms with E-state index < -0.39 is 0 Å². The Morgan fingerprint density at radius 3 is 2.83 bits per heavy atom. The lowest BCUT2D eigenvalue weighted by Gasteiger charge is -2.29. The molecule has 1 aliphatic heterocycles. The number of aromatic nitrogens is 1. The van der Waals surface area contributed by atoms with Crippen LogP contribution in [0, 0.1) is 6.92 Å². The smallest absolute Gasteiger partial charge is 0.264 e. The first-order valence-electron chi connectivity index (χ1n) is 7.70. The van der Waals surface area contributed by atoms with Gasteiger partial charge in [0, 0.05) is 17.9 Å². The Morgan fingerprint density at radius 1 is 1.26 bits per heavy atom. The van der Waals surface area contributed by atoms with Crippen molar-refractivity contribution in [3.8, 4) is 11.5 Å². The minimum Gasteiger partial charge on any atom is -0.497 e. The van der Waals surface area contributed by atoms with Crippen molar-refractivity contribution in [2.75, 3.05) is 25.2 Å². The van der Waals surface area contributed by atoms with Crippen LogP contribution in [0.15, 0.2) is 36.5 Å². The molecule has 120 valence electrons. The summed E-state index contributed by atoms with van der Waals surface area (Å²) in [4.78, 5) is 18.5. The summed E-state index contributed by atoms with van der Waals surface area (Å²) < 4.78 is 10.8. The largest absolute Gasteiger partial charge is 0.497 e. The molecule has 0 bridgehead atoms. The number of nitrogens with zero attached hydrogens (tertiary/aromatic N) is 2. The highest BCUT2D eigenvalue weighted by molar-refractivity contribution is 5.95. The van der Waals surface area contributed by atoms with E-state index in [1.54, 1.807) is 18.2 Å². The minimum absolute atomic E-state index is 0.0101. The zero-order valence-electron chi connectivity index (χ0n) is 13.4. The monoisotopic (exact) mass is 312 g/mol. The predicted octanol–water partition coefficient (Wildman–Crippen LogP) is 2.76. The highest BCUT2D eigenvalue weighted by Gasteiger charge is 2.23. The van der Waals surface area contributed by atoms with Crippen LogP contribution in [0.2, 0.25) is 0 Å². The van der Waals surface area contributed by atoms with Crippen molar-refractivity contribution in [3.63, 3.8) is 0 Å². The van der Waals surface area contributed by atoms with Crippen LogP contribution in [-0.2, 0) is 11.2 Å². The van der Waals surface area contributed by atoms with Crippen LogP contribution in [0.5, 0.6) is 11.5 Å². The van der Waals surface area contributed by atoms with E-state index in [-0.39, 0.29) is 12.5 Å². The summed E-state index contributed by atoms with van der Waals surface area (Å²) in [5.41, 5.74) is 3.01. The molecule has 2 heterocycles. The number of hydrogen-bond acceptors (Lipinski definition) is 4. The molecule has 0 N–H and O–H groups in total. The van der Waals surface area contributed by atoms with Crippen molar-refractivity contribution in [1.82, 2.24) is 4.98 Å². The molecule has 1 aromatic heterocycles. The second-order valence-electron chi connectivity index (χ2n) is 5.57. The second-order valence-corrected chi connectivity index (χ2v) is 5.57. The van der Waals surface area contributed by atoms with Crippen LogP contribution in [0.25, 0.3) is 0 Å². The molecule has 5 nitrogen and oxygen atoms in total. The highest BCUT2D eigenvalue weighted by Crippen LogP contribution is 2.30. The normalized spacial score (nSPS) is 13.4. The second kappa shape index (κ2) is 6.69. The Hall–Kier alpha value is -2.56. The van der Waals surface area contributed by atoms with Gasteiger partial charge in [-0.3, -0.25) is 9.78 Å². The number of aryl methyl sites for hydroxylation is 2. The number of methoxy groups -OCH3 is 1. The molecule has 2 aromatic rings. The Balaban J connectivity index is 1.70. The molecule has 0 unspecified atom stereocenters. The number of carbonyl (C=O) groups excluding carboxylic acids is 1. The van der Waals surface area contributed by atoms with Crippen LogP contribution >= 0.6 is 0 Å². The summed E-state index contributed by atoms with van der Waals surface area (Å²) in [6.07, 6.45) is 3.54. The number of fused-ring (bicyclic) bond motifs is 1. The number of benzene rings is 1. The quantitative estimate of drug-likeness (QED) is 0.871. The van der Waals surface area contributed by atoms with E-state index >= 15 is 0 Å². The summed E-state index contributed by atoms with van der Waals surface area (Å²) in [5.74, 6) is 1.38. The third kappa shape index (κ3) is 3.44. The number of anilines is 1. The lowest BCUT2D eigenvalue weighted by atomic mass is 10.0. The van der Waals surface area contributed by atoms with Gasteiger partial charge in [-0.25, -0.2) is 0 Å². The van der Waals surface area contributed by atoms with Gasteiger partial charge in [-0.05, 0) is 55.7 Å². The molecule has 0 spiro atoms. The summed E-state index contributed by atoms with van der Waals surface area (Å²) >= 11 is 0. The summed E-state index contributed by atoms with van der Waals surface area (Å²) in [5, 5.41) is 0. The maximum absolute atomic E-state index is 12.5. The van der Waals surface area contributed by atoms with Crippen LogP contribution in [0.1, 0.15) is 17.7 Å². The van der Waals surface area contributed by atoms with Gasteiger partial charge in [0.05, 0.1) is 13.3 Å². The van der Waals surface area contributed by atoms with E-state index in [4.69, 9.17) is 9.47 Å². The van der Waals surface area contributed by atoms with Crippen molar-refractivity contribution in [3.05, 3.63) is 47.8 Å². The van der Waals surface area contributed by atoms with E-state index in [1.807, 2.05) is 37.3 Å². The van der Waals surface area contributed by atoms with Crippen molar-refractivity contribution in [2.45, 2.75) is 19.8 Å². The number of ether oxygens (including phenoxy) is 2. The first kappa shape index (κ1) is 15.3. The predicted molar refractivity (Wildman–Crippen MR) is 88.1 cm³/mol. The summed E-state index contributed by atoms with van der Waals surface area (Å²) in [6.45, 7) is 2.64. The molecule has 3 rings (SSSR count). The van der Waals surface area contributed by atoms with E-state index in [1.165, 1.54) is 0 Å². The molecule has 0 saturated carbocycles. The van der Waals surface area contributed by atoms with Crippen molar-refractivity contribution in [1.29, 1.82) is 0 Å². The average molecular weight is 312 g/mol. The van der Waals surface area contributed by atoms with Crippen LogP contribution < -0.4 is 14.4 Å². The van der Waals surface area contributed by atoms with Gasteiger partial charge < -0.3 is 14.4 Å². The number of carbonyl (C=O) groups is 1. The van der Waals surface area contributed by atoms with E-state index in [0.717, 1.165) is 35.5 Å². The Bertz CT molecular complexity index is 698. The zero-order chi connectivity index (χ0) is 16.2. The van der Waals surface area contributed by atoms with Gasteiger partial charge in [-0.1, -0.05) is 0 Å². The van der Waals surface area contributed by atoms with Gasteiger partial charge in [-0.2, -0.15) is 0 Å². The van der Waals surface area contributed by atoms with Gasteiger partial charge in [0.1, 0.15) is 11.5 Å². The van der Waals surface area contributed by atoms with Gasteiger partial charge in [-0.15, -0.1) is 0 Å². The number of rotatable bonds is 4. The molecule has 1 amide bonds. The molecular weight excluding hydrogens is 292 g/mol. The van der Waals surface area contributed by atoms with Crippen LogP contribution in [0.3, 0.4) is 0 Å². The molecule has 5 heteroatoms. The van der Waals surface area contributed by atoms with Crippen LogP contribution in [0.4, 0.5) is 5.69 Å². The first-order chi connectivity index (χ1) is 11.2. The Labute approximate surface area is 135 Å². The number of hydrogen-bond donors (Lipinski definition) is 0. The number of pyridine rings is 1. The lowest BCUT2D eigenvalue weighted by molar-refractivity contribution is -0.120. The molecular formula is C18H20N2O3. The third-order valence-electron chi connectivity index (χ3n) is 3.95. The SMILES string of the molecule is COc1ccc2c(c1)CCCN2C(=O)COc1ccc(C)nc1. The van der Waals surface area contributed by atoms with Crippen LogP contribution in [-0.4, -0.2) is 31.2 Å². The average Bonchev–Trinajstić information content (AvgIpc) is 2.60. The van der Waals surface area contributed by atoms with Crippen molar-refractivity contribution >= 4 is 11.6 Å². The molecule has 0 fully saturated rings. The molecule has 1 aliphatic rings. The lowest BCUT2D eigenvalue weighted by Crippen LogP contribution is -2.38. The van der Waals surface area contributed by atoms with Gasteiger partial charge in [0.15, 0.2) is 6.61 Å². The van der Waals surface area contributed by atoms with E-state index in [2.05, 4.69) is 4.98 Å². The summed E-state index contributed by atoms with van der Waals surface area (Å²) in [6, 6.07) is 9.51. The topological polar surface area (TPSA) is 51.7 Å². The minimum atomic E-state index is -0.0447. The molecule has 1 aromatic carbocycles. The molecule has 0 aliphatic carbocycles. The molecule has 23 heavy (non-hydrogen) atoms. The van der Waals surface area contributed by atoms with Gasteiger partial charge in [0.25, 0.3) is 5.91 Å². The maximum Gasteiger partial charge on any atom is 0.264 e. The Morgan fingerprint density at radius 2 is 2.09 bits per heavy atom. The molecule has 0 atom stereocenters.